The molecule has 0 aliphatic carbocycles. The highest BCUT2D eigenvalue weighted by molar-refractivity contribution is 7.99. The Bertz CT molecular complexity index is 384. The molecule has 0 N–H and O–H groups in total. The van der Waals surface area contributed by atoms with Crippen LogP contribution in [0.25, 0.3) is 0 Å². The van der Waals surface area contributed by atoms with Crippen LogP contribution in [0.15, 0.2) is 23.1 Å². The minimum absolute atomic E-state index is 0.251. The smallest absolute Gasteiger partial charge is 0.124 e. The summed E-state index contributed by atoms with van der Waals surface area (Å²) in [7, 11) is 0. The van der Waals surface area contributed by atoms with E-state index in [-0.39, 0.29) is 5.44 Å². The van der Waals surface area contributed by atoms with Gasteiger partial charge in [-0.05, 0) is 38.3 Å². The van der Waals surface area contributed by atoms with E-state index in [1.807, 2.05) is 19.9 Å². The number of thioether (sulfide) groups is 1. The Morgan fingerprint density at radius 2 is 1.79 bits per heavy atom. The Morgan fingerprint density at radius 1 is 1.16 bits per heavy atom. The highest BCUT2D eigenvalue weighted by Gasteiger charge is 2.23. The Morgan fingerprint density at radius 3 is 2.26 bits per heavy atom. The van der Waals surface area contributed by atoms with Gasteiger partial charge in [0.25, 0.3) is 0 Å². The number of rotatable bonds is 6. The van der Waals surface area contributed by atoms with E-state index in [0.717, 1.165) is 29.4 Å². The minimum Gasteiger partial charge on any atom is -0.494 e. The van der Waals surface area contributed by atoms with Crippen molar-refractivity contribution >= 4 is 11.8 Å². The largest absolute Gasteiger partial charge is 0.494 e. The van der Waals surface area contributed by atoms with Crippen molar-refractivity contribution in [1.29, 1.82) is 0 Å². The zero-order valence-electron chi connectivity index (χ0n) is 11.8. The fraction of sp³-hybridized carbons (Fsp3) is 0.600. The molecule has 0 radical (unpaired) electrons. The second-order valence-corrected chi connectivity index (χ2v) is 5.96. The second kappa shape index (κ2) is 7.06. The standard InChI is InChI=1S/C15H22O3S/c1-4-16-12-7-13(17-5-2)9-14(8-12)19-15-6-11(3)10-18-15/h7-9,11,15H,4-6,10H2,1-3H3/t11-,15?/m1/s1. The number of hydrogen-bond donors (Lipinski definition) is 0. The molecular weight excluding hydrogens is 260 g/mol. The molecule has 0 spiro atoms. The van der Waals surface area contributed by atoms with Gasteiger partial charge in [0.1, 0.15) is 16.9 Å². The molecule has 0 aromatic heterocycles. The molecule has 1 aliphatic rings. The zero-order chi connectivity index (χ0) is 13.7. The summed E-state index contributed by atoms with van der Waals surface area (Å²) in [5.41, 5.74) is 0.251. The summed E-state index contributed by atoms with van der Waals surface area (Å²) in [6.07, 6.45) is 1.10. The van der Waals surface area contributed by atoms with E-state index < -0.39 is 0 Å². The highest BCUT2D eigenvalue weighted by atomic mass is 32.2. The molecule has 1 aromatic carbocycles. The van der Waals surface area contributed by atoms with Crippen LogP contribution in [0.4, 0.5) is 0 Å². The van der Waals surface area contributed by atoms with Gasteiger partial charge in [0.05, 0.1) is 19.8 Å². The topological polar surface area (TPSA) is 27.7 Å². The Labute approximate surface area is 119 Å². The van der Waals surface area contributed by atoms with Crippen molar-refractivity contribution in [1.82, 2.24) is 0 Å². The normalized spacial score (nSPS) is 22.5. The molecule has 1 saturated heterocycles. The maximum Gasteiger partial charge on any atom is 0.124 e. The van der Waals surface area contributed by atoms with E-state index in [9.17, 15) is 0 Å². The van der Waals surface area contributed by atoms with Crippen molar-refractivity contribution in [3.63, 3.8) is 0 Å². The Balaban J connectivity index is 2.09. The van der Waals surface area contributed by atoms with Crippen LogP contribution in [0.2, 0.25) is 0 Å². The van der Waals surface area contributed by atoms with Gasteiger partial charge in [-0.3, -0.25) is 0 Å². The molecule has 1 aromatic rings. The third kappa shape index (κ3) is 4.32. The molecule has 1 fully saturated rings. The summed E-state index contributed by atoms with van der Waals surface area (Å²) in [6.45, 7) is 8.39. The SMILES string of the molecule is CCOc1cc(OCC)cc(SC2C[C@@H](C)CO2)c1. The lowest BCUT2D eigenvalue weighted by Crippen LogP contribution is -2.00. The highest BCUT2D eigenvalue weighted by Crippen LogP contribution is 2.36. The molecule has 19 heavy (non-hydrogen) atoms. The van der Waals surface area contributed by atoms with Gasteiger partial charge in [-0.1, -0.05) is 18.7 Å². The van der Waals surface area contributed by atoms with Crippen LogP contribution in [0, 0.1) is 5.92 Å². The molecule has 2 rings (SSSR count). The first-order valence-electron chi connectivity index (χ1n) is 6.90. The number of benzene rings is 1. The molecule has 2 atom stereocenters. The van der Waals surface area contributed by atoms with Crippen LogP contribution in [-0.4, -0.2) is 25.3 Å². The fourth-order valence-electron chi connectivity index (χ4n) is 2.08. The lowest BCUT2D eigenvalue weighted by Gasteiger charge is -2.13. The van der Waals surface area contributed by atoms with Crippen LogP contribution < -0.4 is 9.47 Å². The first-order valence-corrected chi connectivity index (χ1v) is 7.78. The zero-order valence-corrected chi connectivity index (χ0v) is 12.7. The van der Waals surface area contributed by atoms with Crippen molar-refractivity contribution in [3.8, 4) is 11.5 Å². The lowest BCUT2D eigenvalue weighted by molar-refractivity contribution is 0.166. The van der Waals surface area contributed by atoms with E-state index in [0.29, 0.717) is 19.1 Å². The first kappa shape index (κ1) is 14.5. The van der Waals surface area contributed by atoms with Gasteiger partial charge in [0.2, 0.25) is 0 Å². The molecule has 0 amide bonds. The molecule has 1 heterocycles. The summed E-state index contributed by atoms with van der Waals surface area (Å²) in [5.74, 6) is 2.38. The van der Waals surface area contributed by atoms with Crippen molar-refractivity contribution in [2.45, 2.75) is 37.5 Å². The molecular formula is C15H22O3S. The monoisotopic (exact) mass is 282 g/mol. The summed E-state index contributed by atoms with van der Waals surface area (Å²) in [6, 6.07) is 6.06. The Hall–Kier alpha value is -0.870. The summed E-state index contributed by atoms with van der Waals surface area (Å²) in [5, 5.41) is 0. The maximum atomic E-state index is 5.75. The number of ether oxygens (including phenoxy) is 3. The maximum absolute atomic E-state index is 5.75. The molecule has 0 bridgehead atoms. The third-order valence-electron chi connectivity index (χ3n) is 2.90. The fourth-order valence-corrected chi connectivity index (χ4v) is 3.33. The average molecular weight is 282 g/mol. The lowest BCUT2D eigenvalue weighted by atomic mass is 10.2. The minimum atomic E-state index is 0.251. The summed E-state index contributed by atoms with van der Waals surface area (Å²) in [4.78, 5) is 1.15. The predicted molar refractivity (Wildman–Crippen MR) is 78.2 cm³/mol. The Kier molecular flexibility index (Phi) is 5.40. The first-order chi connectivity index (χ1) is 9.21. The van der Waals surface area contributed by atoms with Crippen LogP contribution >= 0.6 is 11.8 Å². The van der Waals surface area contributed by atoms with Crippen LogP contribution in [0.1, 0.15) is 27.2 Å². The van der Waals surface area contributed by atoms with Gasteiger partial charge < -0.3 is 14.2 Å². The van der Waals surface area contributed by atoms with Gasteiger partial charge in [-0.2, -0.15) is 0 Å². The van der Waals surface area contributed by atoms with E-state index in [4.69, 9.17) is 14.2 Å². The van der Waals surface area contributed by atoms with Crippen LogP contribution in [0.5, 0.6) is 11.5 Å². The van der Waals surface area contributed by atoms with Crippen molar-refractivity contribution in [2.24, 2.45) is 5.92 Å². The van der Waals surface area contributed by atoms with Crippen molar-refractivity contribution in [3.05, 3.63) is 18.2 Å². The molecule has 106 valence electrons. The van der Waals surface area contributed by atoms with E-state index >= 15 is 0 Å². The summed E-state index contributed by atoms with van der Waals surface area (Å²) >= 11 is 1.75. The van der Waals surface area contributed by atoms with Gasteiger partial charge >= 0.3 is 0 Å². The molecule has 0 saturated carbocycles. The van der Waals surface area contributed by atoms with Gasteiger partial charge in [-0.25, -0.2) is 0 Å². The van der Waals surface area contributed by atoms with E-state index in [2.05, 4.69) is 19.1 Å². The van der Waals surface area contributed by atoms with E-state index in [1.54, 1.807) is 11.8 Å². The van der Waals surface area contributed by atoms with Crippen molar-refractivity contribution in [2.75, 3.05) is 19.8 Å². The van der Waals surface area contributed by atoms with Gasteiger partial charge in [0, 0.05) is 11.0 Å². The second-order valence-electron chi connectivity index (χ2n) is 4.73. The van der Waals surface area contributed by atoms with Crippen molar-refractivity contribution < 1.29 is 14.2 Å². The average Bonchev–Trinajstić information content (AvgIpc) is 2.75. The van der Waals surface area contributed by atoms with Crippen LogP contribution in [-0.2, 0) is 4.74 Å². The van der Waals surface area contributed by atoms with Crippen LogP contribution in [0.3, 0.4) is 0 Å². The molecule has 1 aliphatic heterocycles. The molecule has 1 unspecified atom stereocenters. The van der Waals surface area contributed by atoms with Gasteiger partial charge in [0.15, 0.2) is 0 Å². The van der Waals surface area contributed by atoms with E-state index in [1.165, 1.54) is 0 Å². The van der Waals surface area contributed by atoms with Gasteiger partial charge in [-0.15, -0.1) is 0 Å². The molecule has 3 nitrogen and oxygen atoms in total. The number of hydrogen-bond acceptors (Lipinski definition) is 4. The third-order valence-corrected chi connectivity index (χ3v) is 4.00. The quantitative estimate of drug-likeness (QED) is 0.789. The predicted octanol–water partition coefficient (Wildman–Crippen LogP) is 3.96. The summed E-state index contributed by atoms with van der Waals surface area (Å²) < 4.78 is 16.9. The molecule has 4 heteroatoms.